The highest BCUT2D eigenvalue weighted by Gasteiger charge is 2.25. The lowest BCUT2D eigenvalue weighted by molar-refractivity contribution is 0.101. The third-order valence-electron chi connectivity index (χ3n) is 4.94. The molecule has 0 saturated heterocycles. The lowest BCUT2D eigenvalue weighted by atomic mass is 9.89. The van der Waals surface area contributed by atoms with Gasteiger partial charge < -0.3 is 9.30 Å². The minimum absolute atomic E-state index is 0.181. The Morgan fingerprint density at radius 2 is 2.04 bits per heavy atom. The van der Waals surface area contributed by atoms with Crippen molar-refractivity contribution in [1.82, 2.24) is 4.57 Å². The SMILES string of the molecule is CCc1cc2c(cc1OC)CC(CC)n1cc(C(C)=O)c(=O)cc1-2. The van der Waals surface area contributed by atoms with Crippen molar-refractivity contribution >= 4 is 5.78 Å². The molecular formula is C20H23NO3. The molecule has 3 rings (SSSR count). The molecule has 1 atom stereocenters. The summed E-state index contributed by atoms with van der Waals surface area (Å²) in [5.74, 6) is 0.724. The third kappa shape index (κ3) is 2.56. The summed E-state index contributed by atoms with van der Waals surface area (Å²) in [7, 11) is 1.69. The Hall–Kier alpha value is -2.36. The van der Waals surface area contributed by atoms with Crippen LogP contribution >= 0.6 is 0 Å². The van der Waals surface area contributed by atoms with Gasteiger partial charge in [-0.05, 0) is 49.4 Å². The molecule has 0 bridgehead atoms. The van der Waals surface area contributed by atoms with E-state index in [2.05, 4.69) is 30.5 Å². The monoisotopic (exact) mass is 325 g/mol. The summed E-state index contributed by atoms with van der Waals surface area (Å²) in [6, 6.07) is 6.08. The highest BCUT2D eigenvalue weighted by atomic mass is 16.5. The standard InChI is InChI=1S/C20H23NO3/c1-5-13-8-16-14(9-20(13)24-4)7-15(6-2)21-11-17(12(3)22)19(23)10-18(16)21/h8-11,15H,5-7H2,1-4H3. The second-order valence-corrected chi connectivity index (χ2v) is 6.34. The predicted octanol–water partition coefficient (Wildman–Crippen LogP) is 3.80. The summed E-state index contributed by atoms with van der Waals surface area (Å²) >= 11 is 0. The van der Waals surface area contributed by atoms with Crippen LogP contribution in [0.1, 0.15) is 54.7 Å². The van der Waals surface area contributed by atoms with Crippen LogP contribution in [0, 0.1) is 0 Å². The Morgan fingerprint density at radius 3 is 2.62 bits per heavy atom. The van der Waals surface area contributed by atoms with Crippen molar-refractivity contribution < 1.29 is 9.53 Å². The number of aromatic nitrogens is 1. The minimum Gasteiger partial charge on any atom is -0.496 e. The molecule has 0 fully saturated rings. The van der Waals surface area contributed by atoms with Gasteiger partial charge >= 0.3 is 0 Å². The molecule has 1 aromatic heterocycles. The largest absolute Gasteiger partial charge is 0.496 e. The Kier molecular flexibility index (Phi) is 4.31. The van der Waals surface area contributed by atoms with Gasteiger partial charge in [0.05, 0.1) is 18.4 Å². The maximum atomic E-state index is 12.4. The number of rotatable bonds is 4. The molecule has 0 amide bonds. The zero-order chi connectivity index (χ0) is 17.4. The van der Waals surface area contributed by atoms with Crippen LogP contribution in [0.25, 0.3) is 11.3 Å². The fourth-order valence-corrected chi connectivity index (χ4v) is 3.57. The number of aryl methyl sites for hydroxylation is 1. The fourth-order valence-electron chi connectivity index (χ4n) is 3.57. The molecule has 0 N–H and O–H groups in total. The van der Waals surface area contributed by atoms with Crippen molar-refractivity contribution in [3.8, 4) is 17.0 Å². The number of ether oxygens (including phenoxy) is 1. The topological polar surface area (TPSA) is 48.3 Å². The molecule has 0 spiro atoms. The Morgan fingerprint density at radius 1 is 1.29 bits per heavy atom. The first-order valence-electron chi connectivity index (χ1n) is 8.47. The van der Waals surface area contributed by atoms with Gasteiger partial charge in [-0.3, -0.25) is 9.59 Å². The first-order chi connectivity index (χ1) is 11.5. The van der Waals surface area contributed by atoms with Crippen LogP contribution in [0.4, 0.5) is 0 Å². The van der Waals surface area contributed by atoms with Crippen LogP contribution < -0.4 is 10.2 Å². The summed E-state index contributed by atoms with van der Waals surface area (Å²) in [6.45, 7) is 5.66. The van der Waals surface area contributed by atoms with Crippen molar-refractivity contribution in [3.63, 3.8) is 0 Å². The van der Waals surface area contributed by atoms with Crippen LogP contribution in [-0.2, 0) is 12.8 Å². The molecule has 2 aromatic rings. The van der Waals surface area contributed by atoms with Gasteiger partial charge in [0.2, 0.25) is 0 Å². The molecule has 4 heteroatoms. The van der Waals surface area contributed by atoms with E-state index < -0.39 is 0 Å². The molecule has 0 aliphatic carbocycles. The van der Waals surface area contributed by atoms with Gasteiger partial charge in [-0.1, -0.05) is 13.8 Å². The summed E-state index contributed by atoms with van der Waals surface area (Å²) in [4.78, 5) is 24.1. The summed E-state index contributed by atoms with van der Waals surface area (Å²) < 4.78 is 7.62. The summed E-state index contributed by atoms with van der Waals surface area (Å²) in [5, 5.41) is 0. The maximum absolute atomic E-state index is 12.4. The van der Waals surface area contributed by atoms with E-state index in [-0.39, 0.29) is 22.8 Å². The Labute approximate surface area is 142 Å². The van der Waals surface area contributed by atoms with E-state index in [9.17, 15) is 9.59 Å². The lowest BCUT2D eigenvalue weighted by Crippen LogP contribution is -2.25. The average Bonchev–Trinajstić information content (AvgIpc) is 2.58. The summed E-state index contributed by atoms with van der Waals surface area (Å²) in [6.07, 6.45) is 4.42. The zero-order valence-corrected chi connectivity index (χ0v) is 14.7. The van der Waals surface area contributed by atoms with Gasteiger partial charge in [-0.15, -0.1) is 0 Å². The molecule has 0 saturated carbocycles. The molecule has 4 nitrogen and oxygen atoms in total. The van der Waals surface area contributed by atoms with Gasteiger partial charge in [-0.2, -0.15) is 0 Å². The van der Waals surface area contributed by atoms with Crippen molar-refractivity contribution in [2.75, 3.05) is 7.11 Å². The Balaban J connectivity index is 2.29. The molecule has 1 aromatic carbocycles. The number of pyridine rings is 1. The molecular weight excluding hydrogens is 302 g/mol. The molecule has 2 heterocycles. The number of carbonyl (C=O) groups excluding carboxylic acids is 1. The van der Waals surface area contributed by atoms with Crippen LogP contribution in [0.2, 0.25) is 0 Å². The van der Waals surface area contributed by atoms with Crippen LogP contribution in [0.15, 0.2) is 29.2 Å². The smallest absolute Gasteiger partial charge is 0.192 e. The molecule has 1 unspecified atom stereocenters. The number of Topliss-reactive ketones (excluding diaryl/α,β-unsaturated/α-hetero) is 1. The van der Waals surface area contributed by atoms with Crippen molar-refractivity contribution in [1.29, 1.82) is 0 Å². The van der Waals surface area contributed by atoms with Gasteiger partial charge in [0.25, 0.3) is 0 Å². The van der Waals surface area contributed by atoms with Crippen molar-refractivity contribution in [3.05, 3.63) is 51.3 Å². The Bertz CT molecular complexity index is 864. The number of carbonyl (C=O) groups is 1. The number of nitrogens with zero attached hydrogens (tertiary/aromatic N) is 1. The number of ketones is 1. The second-order valence-electron chi connectivity index (χ2n) is 6.34. The molecule has 1 aliphatic heterocycles. The van der Waals surface area contributed by atoms with E-state index in [0.717, 1.165) is 41.8 Å². The normalized spacial score (nSPS) is 15.6. The summed E-state index contributed by atoms with van der Waals surface area (Å²) in [5.41, 5.74) is 4.36. The van der Waals surface area contributed by atoms with E-state index in [1.165, 1.54) is 12.5 Å². The molecule has 126 valence electrons. The quantitative estimate of drug-likeness (QED) is 0.804. The van der Waals surface area contributed by atoms with Gasteiger partial charge in [0.15, 0.2) is 11.2 Å². The first-order valence-corrected chi connectivity index (χ1v) is 8.47. The van der Waals surface area contributed by atoms with Crippen LogP contribution in [0.3, 0.4) is 0 Å². The fraction of sp³-hybridized carbons (Fsp3) is 0.400. The lowest BCUT2D eigenvalue weighted by Gasteiger charge is -2.31. The number of benzene rings is 1. The second kappa shape index (κ2) is 6.27. The average molecular weight is 325 g/mol. The molecule has 0 radical (unpaired) electrons. The van der Waals surface area contributed by atoms with Gasteiger partial charge in [0.1, 0.15) is 5.75 Å². The van der Waals surface area contributed by atoms with E-state index in [1.807, 2.05) is 0 Å². The van der Waals surface area contributed by atoms with E-state index in [4.69, 9.17) is 4.74 Å². The maximum Gasteiger partial charge on any atom is 0.192 e. The highest BCUT2D eigenvalue weighted by molar-refractivity contribution is 5.94. The van der Waals surface area contributed by atoms with Gasteiger partial charge in [-0.25, -0.2) is 0 Å². The number of hydrogen-bond donors (Lipinski definition) is 0. The molecule has 24 heavy (non-hydrogen) atoms. The minimum atomic E-state index is -0.203. The van der Waals surface area contributed by atoms with Crippen molar-refractivity contribution in [2.45, 2.75) is 46.1 Å². The van der Waals surface area contributed by atoms with E-state index >= 15 is 0 Å². The van der Waals surface area contributed by atoms with Crippen LogP contribution in [-0.4, -0.2) is 17.5 Å². The van der Waals surface area contributed by atoms with Crippen LogP contribution in [0.5, 0.6) is 5.75 Å². The molecule has 1 aliphatic rings. The zero-order valence-electron chi connectivity index (χ0n) is 14.7. The predicted molar refractivity (Wildman–Crippen MR) is 95.1 cm³/mol. The van der Waals surface area contributed by atoms with E-state index in [0.29, 0.717) is 0 Å². The number of fused-ring (bicyclic) bond motifs is 3. The highest BCUT2D eigenvalue weighted by Crippen LogP contribution is 2.39. The van der Waals surface area contributed by atoms with Crippen molar-refractivity contribution in [2.24, 2.45) is 0 Å². The number of hydrogen-bond acceptors (Lipinski definition) is 3. The first kappa shape index (κ1) is 16.5. The number of methoxy groups -OCH3 is 1. The van der Waals surface area contributed by atoms with Gasteiger partial charge in [0, 0.05) is 23.9 Å². The van der Waals surface area contributed by atoms with E-state index in [1.54, 1.807) is 19.4 Å². The third-order valence-corrected chi connectivity index (χ3v) is 4.94.